The molecule has 3 aromatic carbocycles. The van der Waals surface area contributed by atoms with Gasteiger partial charge in [-0.15, -0.1) is 0 Å². The van der Waals surface area contributed by atoms with Gasteiger partial charge < -0.3 is 15.2 Å². The molecule has 31 heavy (non-hydrogen) atoms. The lowest BCUT2D eigenvalue weighted by Gasteiger charge is -2.38. The fraction of sp³-hybridized carbons (Fsp3) is 0.250. The number of carbonyl (C=O) groups excluding carboxylic acids is 1. The van der Waals surface area contributed by atoms with Crippen molar-refractivity contribution in [1.29, 1.82) is 0 Å². The summed E-state index contributed by atoms with van der Waals surface area (Å²) in [6.45, 7) is 0.252. The van der Waals surface area contributed by atoms with Gasteiger partial charge in [0.1, 0.15) is 17.1 Å². The summed E-state index contributed by atoms with van der Waals surface area (Å²) in [4.78, 5) is 24.8. The van der Waals surface area contributed by atoms with Crippen LogP contribution >= 0.6 is 11.6 Å². The molecule has 0 unspecified atom stereocenters. The average Bonchev–Trinajstić information content (AvgIpc) is 2.73. The fourth-order valence-corrected chi connectivity index (χ4v) is 4.03. The molecule has 7 heteroatoms. The van der Waals surface area contributed by atoms with Gasteiger partial charge in [-0.2, -0.15) is 0 Å². The molecule has 0 aliphatic heterocycles. The first kappa shape index (κ1) is 21.1. The van der Waals surface area contributed by atoms with Crippen LogP contribution in [0.3, 0.4) is 0 Å². The number of carboxylic acid groups (broad SMARTS) is 1. The van der Waals surface area contributed by atoms with E-state index in [1.807, 2.05) is 24.3 Å². The standard InChI is InChI=1S/C24H21ClFNO4/c25-20-14-19(22(28)27-24(23(29)30)11-3-12-24)21(18-5-2-1-4-17(18)20)31-13-10-15-6-8-16(26)9-7-15/h1-2,4-9,14H,3,10-13H2,(H,27,28)(H,29,30). The van der Waals surface area contributed by atoms with Crippen molar-refractivity contribution in [3.63, 3.8) is 0 Å². The molecule has 1 amide bonds. The van der Waals surface area contributed by atoms with E-state index in [-0.39, 0.29) is 18.0 Å². The van der Waals surface area contributed by atoms with Gasteiger partial charge in [0, 0.05) is 22.2 Å². The first-order chi connectivity index (χ1) is 14.9. The molecule has 1 fully saturated rings. The van der Waals surface area contributed by atoms with E-state index in [4.69, 9.17) is 16.3 Å². The fourth-order valence-electron chi connectivity index (χ4n) is 3.76. The SMILES string of the molecule is O=C(NC1(C(=O)O)CCC1)c1cc(Cl)c2ccccc2c1OCCc1ccc(F)cc1. The molecule has 0 bridgehead atoms. The number of ether oxygens (including phenoxy) is 1. The van der Waals surface area contributed by atoms with Crippen LogP contribution in [0.15, 0.2) is 54.6 Å². The molecule has 0 aromatic heterocycles. The Morgan fingerprint density at radius 3 is 2.39 bits per heavy atom. The minimum atomic E-state index is -1.25. The minimum Gasteiger partial charge on any atom is -0.492 e. The van der Waals surface area contributed by atoms with Gasteiger partial charge in [-0.3, -0.25) is 4.79 Å². The average molecular weight is 442 g/mol. The maximum absolute atomic E-state index is 13.1. The Bertz CT molecular complexity index is 1140. The molecule has 2 N–H and O–H groups in total. The molecule has 5 nitrogen and oxygen atoms in total. The molecule has 0 spiro atoms. The molecule has 1 aliphatic carbocycles. The number of hydrogen-bond donors (Lipinski definition) is 2. The van der Waals surface area contributed by atoms with Gasteiger partial charge >= 0.3 is 5.97 Å². The topological polar surface area (TPSA) is 75.6 Å². The third kappa shape index (κ3) is 4.21. The quantitative estimate of drug-likeness (QED) is 0.541. The summed E-state index contributed by atoms with van der Waals surface area (Å²) in [7, 11) is 0. The summed E-state index contributed by atoms with van der Waals surface area (Å²) in [6, 6.07) is 14.9. The highest BCUT2D eigenvalue weighted by Crippen LogP contribution is 2.37. The first-order valence-electron chi connectivity index (χ1n) is 10.0. The summed E-state index contributed by atoms with van der Waals surface area (Å²) < 4.78 is 19.2. The molecule has 0 saturated heterocycles. The maximum atomic E-state index is 13.1. The van der Waals surface area contributed by atoms with Crippen molar-refractivity contribution in [2.24, 2.45) is 0 Å². The second kappa shape index (κ2) is 8.55. The van der Waals surface area contributed by atoms with E-state index < -0.39 is 17.4 Å². The van der Waals surface area contributed by atoms with Crippen LogP contribution in [0.4, 0.5) is 4.39 Å². The molecular weight excluding hydrogens is 421 g/mol. The second-order valence-electron chi connectivity index (χ2n) is 7.70. The molecule has 160 valence electrons. The summed E-state index contributed by atoms with van der Waals surface area (Å²) in [5.41, 5.74) is -0.166. The van der Waals surface area contributed by atoms with E-state index in [1.54, 1.807) is 12.1 Å². The highest BCUT2D eigenvalue weighted by molar-refractivity contribution is 6.36. The number of fused-ring (bicyclic) bond motifs is 1. The molecule has 1 saturated carbocycles. The molecule has 0 heterocycles. The largest absolute Gasteiger partial charge is 0.492 e. The van der Waals surface area contributed by atoms with E-state index in [9.17, 15) is 19.1 Å². The molecule has 0 radical (unpaired) electrons. The molecule has 3 aromatic rings. The third-order valence-corrected chi connectivity index (χ3v) is 6.02. The van der Waals surface area contributed by atoms with Crippen LogP contribution in [-0.4, -0.2) is 29.1 Å². The van der Waals surface area contributed by atoms with Crippen molar-refractivity contribution in [3.05, 3.63) is 76.6 Å². The lowest BCUT2D eigenvalue weighted by atomic mass is 9.76. The summed E-state index contributed by atoms with van der Waals surface area (Å²) >= 11 is 6.42. The monoisotopic (exact) mass is 441 g/mol. The third-order valence-electron chi connectivity index (χ3n) is 5.71. The molecule has 4 rings (SSSR count). The van der Waals surface area contributed by atoms with Crippen LogP contribution in [0.2, 0.25) is 5.02 Å². The van der Waals surface area contributed by atoms with Crippen LogP contribution in [0.1, 0.15) is 35.2 Å². The second-order valence-corrected chi connectivity index (χ2v) is 8.11. The summed E-state index contributed by atoms with van der Waals surface area (Å²) in [6.07, 6.45) is 2.02. The van der Waals surface area contributed by atoms with E-state index in [0.717, 1.165) is 17.4 Å². The van der Waals surface area contributed by atoms with Crippen molar-refractivity contribution in [2.45, 2.75) is 31.2 Å². The first-order valence-corrected chi connectivity index (χ1v) is 10.4. The van der Waals surface area contributed by atoms with Crippen LogP contribution in [0.25, 0.3) is 10.8 Å². The number of aliphatic carboxylic acids is 1. The zero-order valence-corrected chi connectivity index (χ0v) is 17.4. The molecule has 1 aliphatic rings. The predicted octanol–water partition coefficient (Wildman–Crippen LogP) is 4.99. The van der Waals surface area contributed by atoms with Crippen LogP contribution in [0.5, 0.6) is 5.75 Å². The number of benzene rings is 3. The van der Waals surface area contributed by atoms with E-state index in [1.165, 1.54) is 18.2 Å². The maximum Gasteiger partial charge on any atom is 0.329 e. The van der Waals surface area contributed by atoms with Crippen molar-refractivity contribution in [1.82, 2.24) is 5.32 Å². The lowest BCUT2D eigenvalue weighted by Crippen LogP contribution is -2.59. The van der Waals surface area contributed by atoms with Gasteiger partial charge in [-0.1, -0.05) is 48.0 Å². The summed E-state index contributed by atoms with van der Waals surface area (Å²) in [5, 5.41) is 14.0. The smallest absolute Gasteiger partial charge is 0.329 e. The number of rotatable bonds is 7. The van der Waals surface area contributed by atoms with E-state index >= 15 is 0 Å². The lowest BCUT2D eigenvalue weighted by molar-refractivity contribution is -0.148. The number of carboxylic acids is 1. The van der Waals surface area contributed by atoms with Crippen LogP contribution < -0.4 is 10.1 Å². The Morgan fingerprint density at radius 2 is 1.77 bits per heavy atom. The summed E-state index contributed by atoms with van der Waals surface area (Å²) in [5.74, 6) is -1.54. The van der Waals surface area contributed by atoms with Crippen molar-refractivity contribution >= 4 is 34.2 Å². The van der Waals surface area contributed by atoms with E-state index in [0.29, 0.717) is 35.4 Å². The number of nitrogens with one attached hydrogen (secondary N) is 1. The Balaban J connectivity index is 1.64. The van der Waals surface area contributed by atoms with Crippen LogP contribution in [0, 0.1) is 5.82 Å². The van der Waals surface area contributed by atoms with E-state index in [2.05, 4.69) is 5.32 Å². The van der Waals surface area contributed by atoms with Gasteiger partial charge in [-0.25, -0.2) is 9.18 Å². The predicted molar refractivity (Wildman–Crippen MR) is 116 cm³/mol. The zero-order chi connectivity index (χ0) is 22.0. The Hall–Kier alpha value is -3.12. The normalized spacial score (nSPS) is 14.6. The number of carbonyl (C=O) groups is 2. The van der Waals surface area contributed by atoms with Crippen molar-refractivity contribution < 1.29 is 23.8 Å². The van der Waals surface area contributed by atoms with Crippen molar-refractivity contribution in [2.75, 3.05) is 6.61 Å². The Kier molecular flexibility index (Phi) is 5.83. The van der Waals surface area contributed by atoms with Crippen LogP contribution in [-0.2, 0) is 11.2 Å². The Labute approximate surface area is 183 Å². The van der Waals surface area contributed by atoms with Crippen molar-refractivity contribution in [3.8, 4) is 5.75 Å². The zero-order valence-electron chi connectivity index (χ0n) is 16.7. The number of hydrogen-bond acceptors (Lipinski definition) is 3. The van der Waals surface area contributed by atoms with Gasteiger partial charge in [0.2, 0.25) is 0 Å². The van der Waals surface area contributed by atoms with Gasteiger partial charge in [-0.05, 0) is 43.0 Å². The molecule has 0 atom stereocenters. The highest BCUT2D eigenvalue weighted by atomic mass is 35.5. The Morgan fingerprint density at radius 1 is 1.10 bits per heavy atom. The minimum absolute atomic E-state index is 0.190. The van der Waals surface area contributed by atoms with Gasteiger partial charge in [0.05, 0.1) is 12.2 Å². The number of amides is 1. The van der Waals surface area contributed by atoms with Gasteiger partial charge in [0.15, 0.2) is 0 Å². The molecular formula is C24H21ClFNO4. The number of halogens is 2. The van der Waals surface area contributed by atoms with Gasteiger partial charge in [0.25, 0.3) is 5.91 Å². The highest BCUT2D eigenvalue weighted by Gasteiger charge is 2.46.